The number of halogens is 1. The van der Waals surface area contributed by atoms with E-state index in [0.717, 1.165) is 21.2 Å². The van der Waals surface area contributed by atoms with E-state index in [1.165, 1.54) is 0 Å². The molecule has 0 aromatic heterocycles. The van der Waals surface area contributed by atoms with Crippen molar-refractivity contribution < 1.29 is 4.79 Å². The van der Waals surface area contributed by atoms with Crippen LogP contribution in [0.4, 0.5) is 0 Å². The van der Waals surface area contributed by atoms with Crippen LogP contribution in [0.25, 0.3) is 0 Å². The van der Waals surface area contributed by atoms with Gasteiger partial charge in [0.1, 0.15) is 0 Å². The smallest absolute Gasteiger partial charge is 0.267 e. The zero-order chi connectivity index (χ0) is 14.5. The Labute approximate surface area is 126 Å². The zero-order valence-electron chi connectivity index (χ0n) is 11.4. The third-order valence-electron chi connectivity index (χ3n) is 2.86. The Kier molecular flexibility index (Phi) is 4.69. The largest absolute Gasteiger partial charge is 0.271 e. The summed E-state index contributed by atoms with van der Waals surface area (Å²) < 4.78 is 0.910. The average molecular weight is 331 g/mol. The van der Waals surface area contributed by atoms with Crippen molar-refractivity contribution in [3.63, 3.8) is 0 Å². The molecule has 1 amide bonds. The Morgan fingerprint density at radius 2 is 2.00 bits per heavy atom. The van der Waals surface area contributed by atoms with Crippen LogP contribution in [0.5, 0.6) is 0 Å². The van der Waals surface area contributed by atoms with Crippen LogP contribution in [0, 0.1) is 13.8 Å². The van der Waals surface area contributed by atoms with Gasteiger partial charge in [-0.1, -0.05) is 51.8 Å². The van der Waals surface area contributed by atoms with Crippen LogP contribution in [0.2, 0.25) is 0 Å². The Balaban J connectivity index is 2.03. The van der Waals surface area contributed by atoms with Crippen molar-refractivity contribution >= 4 is 28.1 Å². The number of hydrogen-bond donors (Lipinski definition) is 1. The van der Waals surface area contributed by atoms with Gasteiger partial charge in [-0.15, -0.1) is 0 Å². The summed E-state index contributed by atoms with van der Waals surface area (Å²) in [6.07, 6.45) is 1.63. The minimum absolute atomic E-state index is 0.227. The molecule has 2 aromatic carbocycles. The van der Waals surface area contributed by atoms with E-state index in [1.807, 2.05) is 44.2 Å². The number of nitrogens with zero attached hydrogens (tertiary/aromatic N) is 1. The molecule has 0 atom stereocenters. The lowest BCUT2D eigenvalue weighted by atomic mass is 10.1. The summed E-state index contributed by atoms with van der Waals surface area (Å²) in [6.45, 7) is 3.99. The molecule has 0 radical (unpaired) electrons. The Morgan fingerprint density at radius 1 is 1.20 bits per heavy atom. The average Bonchev–Trinajstić information content (AvgIpc) is 2.42. The van der Waals surface area contributed by atoms with Crippen LogP contribution in [0.1, 0.15) is 27.0 Å². The Hall–Kier alpha value is -1.94. The molecule has 0 bridgehead atoms. The molecule has 20 heavy (non-hydrogen) atoms. The summed E-state index contributed by atoms with van der Waals surface area (Å²) in [5.74, 6) is -0.227. The highest BCUT2D eigenvalue weighted by Crippen LogP contribution is 2.17. The standard InChI is InChI=1S/C16H15BrN2O/c1-11-4-3-5-13(8-11)10-18-19-16(20)14-7-6-12(2)15(17)9-14/h3-10H,1-2H3,(H,19,20)/b18-10+. The third-order valence-corrected chi connectivity index (χ3v) is 3.71. The van der Waals surface area contributed by atoms with Crippen molar-refractivity contribution in [1.29, 1.82) is 0 Å². The molecule has 0 aliphatic rings. The van der Waals surface area contributed by atoms with Gasteiger partial charge in [-0.2, -0.15) is 5.10 Å². The second kappa shape index (κ2) is 6.48. The van der Waals surface area contributed by atoms with Crippen LogP contribution in [-0.2, 0) is 0 Å². The lowest BCUT2D eigenvalue weighted by molar-refractivity contribution is 0.0955. The highest BCUT2D eigenvalue weighted by Gasteiger charge is 2.05. The van der Waals surface area contributed by atoms with E-state index in [9.17, 15) is 4.79 Å². The van der Waals surface area contributed by atoms with Crippen molar-refractivity contribution in [3.8, 4) is 0 Å². The number of nitrogens with one attached hydrogen (secondary N) is 1. The van der Waals surface area contributed by atoms with E-state index >= 15 is 0 Å². The Morgan fingerprint density at radius 3 is 2.70 bits per heavy atom. The summed E-state index contributed by atoms with van der Waals surface area (Å²) in [6, 6.07) is 13.4. The lowest BCUT2D eigenvalue weighted by Gasteiger charge is -2.02. The van der Waals surface area contributed by atoms with E-state index < -0.39 is 0 Å². The molecule has 0 saturated carbocycles. The van der Waals surface area contributed by atoms with E-state index in [0.29, 0.717) is 5.56 Å². The van der Waals surface area contributed by atoms with Gasteiger partial charge < -0.3 is 0 Å². The molecule has 102 valence electrons. The SMILES string of the molecule is Cc1cccc(/C=N/NC(=O)c2ccc(C)c(Br)c2)c1. The molecule has 1 N–H and O–H groups in total. The predicted molar refractivity (Wildman–Crippen MR) is 85.1 cm³/mol. The first-order valence-corrected chi connectivity index (χ1v) is 7.02. The zero-order valence-corrected chi connectivity index (χ0v) is 12.9. The molecule has 0 unspecified atom stereocenters. The van der Waals surface area contributed by atoms with Gasteiger partial charge in [-0.25, -0.2) is 5.43 Å². The van der Waals surface area contributed by atoms with Gasteiger partial charge >= 0.3 is 0 Å². The van der Waals surface area contributed by atoms with Crippen molar-refractivity contribution in [2.45, 2.75) is 13.8 Å². The maximum atomic E-state index is 11.9. The number of amides is 1. The first kappa shape index (κ1) is 14.5. The maximum absolute atomic E-state index is 11.9. The van der Waals surface area contributed by atoms with Crippen LogP contribution in [0.15, 0.2) is 52.0 Å². The highest BCUT2D eigenvalue weighted by atomic mass is 79.9. The molecule has 2 aromatic rings. The first-order valence-electron chi connectivity index (χ1n) is 6.22. The number of hydrogen-bond acceptors (Lipinski definition) is 2. The molecule has 0 aliphatic heterocycles. The molecule has 2 rings (SSSR count). The van der Waals surface area contributed by atoms with Gasteiger partial charge in [-0.3, -0.25) is 4.79 Å². The Bertz CT molecular complexity index is 665. The monoisotopic (exact) mass is 330 g/mol. The van der Waals surface area contributed by atoms with E-state index in [2.05, 4.69) is 26.5 Å². The number of rotatable bonds is 3. The van der Waals surface area contributed by atoms with Crippen LogP contribution in [0.3, 0.4) is 0 Å². The number of aryl methyl sites for hydroxylation is 2. The second-order valence-corrected chi connectivity index (χ2v) is 5.43. The van der Waals surface area contributed by atoms with Crippen LogP contribution in [-0.4, -0.2) is 12.1 Å². The molecule has 0 heterocycles. The maximum Gasteiger partial charge on any atom is 0.271 e. The topological polar surface area (TPSA) is 41.5 Å². The summed E-state index contributed by atoms with van der Waals surface area (Å²) in [4.78, 5) is 11.9. The first-order chi connectivity index (χ1) is 9.56. The number of hydrazone groups is 1. The van der Waals surface area contributed by atoms with Crippen LogP contribution < -0.4 is 5.43 Å². The van der Waals surface area contributed by atoms with Gasteiger partial charge in [0.2, 0.25) is 0 Å². The quantitative estimate of drug-likeness (QED) is 0.674. The second-order valence-electron chi connectivity index (χ2n) is 4.58. The van der Waals surface area contributed by atoms with Crippen molar-refractivity contribution in [2.24, 2.45) is 5.10 Å². The van der Waals surface area contributed by atoms with Gasteiger partial charge in [0.15, 0.2) is 0 Å². The van der Waals surface area contributed by atoms with E-state index in [-0.39, 0.29) is 5.91 Å². The lowest BCUT2D eigenvalue weighted by Crippen LogP contribution is -2.17. The number of carbonyl (C=O) groups is 1. The summed E-state index contributed by atoms with van der Waals surface area (Å²) in [5, 5.41) is 3.97. The number of benzene rings is 2. The van der Waals surface area contributed by atoms with Crippen molar-refractivity contribution in [3.05, 3.63) is 69.2 Å². The van der Waals surface area contributed by atoms with Crippen LogP contribution >= 0.6 is 15.9 Å². The van der Waals surface area contributed by atoms with Gasteiger partial charge in [0.25, 0.3) is 5.91 Å². The van der Waals surface area contributed by atoms with Gasteiger partial charge in [0, 0.05) is 10.0 Å². The highest BCUT2D eigenvalue weighted by molar-refractivity contribution is 9.10. The molecule has 0 fully saturated rings. The minimum Gasteiger partial charge on any atom is -0.267 e. The fourth-order valence-electron chi connectivity index (χ4n) is 1.71. The molecule has 0 saturated heterocycles. The van der Waals surface area contributed by atoms with Crippen molar-refractivity contribution in [1.82, 2.24) is 5.43 Å². The molecule has 0 spiro atoms. The van der Waals surface area contributed by atoms with E-state index in [1.54, 1.807) is 18.3 Å². The van der Waals surface area contributed by atoms with Gasteiger partial charge in [0.05, 0.1) is 6.21 Å². The fraction of sp³-hybridized carbons (Fsp3) is 0.125. The predicted octanol–water partition coefficient (Wildman–Crippen LogP) is 3.83. The molecule has 4 heteroatoms. The van der Waals surface area contributed by atoms with Crippen molar-refractivity contribution in [2.75, 3.05) is 0 Å². The minimum atomic E-state index is -0.227. The van der Waals surface area contributed by atoms with E-state index in [4.69, 9.17) is 0 Å². The third kappa shape index (κ3) is 3.78. The molecule has 3 nitrogen and oxygen atoms in total. The number of carbonyl (C=O) groups excluding carboxylic acids is 1. The molecular weight excluding hydrogens is 316 g/mol. The van der Waals surface area contributed by atoms with Gasteiger partial charge in [-0.05, 0) is 37.1 Å². The summed E-state index contributed by atoms with van der Waals surface area (Å²) in [5.41, 5.74) is 6.29. The molecular formula is C16H15BrN2O. The molecule has 0 aliphatic carbocycles. The normalized spacial score (nSPS) is 10.8. The summed E-state index contributed by atoms with van der Waals surface area (Å²) in [7, 11) is 0. The fourth-order valence-corrected chi connectivity index (χ4v) is 2.09. The summed E-state index contributed by atoms with van der Waals surface area (Å²) >= 11 is 3.41.